The summed E-state index contributed by atoms with van der Waals surface area (Å²) in [6, 6.07) is 0. The minimum Gasteiger partial charge on any atom is -0.301 e. The highest BCUT2D eigenvalue weighted by molar-refractivity contribution is 4.78. The minimum atomic E-state index is -0.838. The van der Waals surface area contributed by atoms with Crippen molar-refractivity contribution in [2.24, 2.45) is 17.7 Å². The van der Waals surface area contributed by atoms with Gasteiger partial charge in [0, 0.05) is 12.8 Å². The predicted molar refractivity (Wildman–Crippen MR) is 40.8 cm³/mol. The molecule has 0 aromatic heterocycles. The lowest BCUT2D eigenvalue weighted by Gasteiger charge is -2.34. The van der Waals surface area contributed by atoms with Gasteiger partial charge in [0.25, 0.3) is 0 Å². The van der Waals surface area contributed by atoms with Crippen molar-refractivity contribution in [2.45, 2.75) is 37.6 Å². The zero-order valence-corrected chi connectivity index (χ0v) is 6.86. The lowest BCUT2D eigenvalue weighted by atomic mass is 9.92. The van der Waals surface area contributed by atoms with Crippen molar-refractivity contribution in [3.8, 4) is 0 Å². The molecule has 1 aliphatic carbocycles. The lowest BCUT2D eigenvalue weighted by molar-refractivity contribution is -0.267. The van der Waals surface area contributed by atoms with Gasteiger partial charge in [0.1, 0.15) is 0 Å². The van der Waals surface area contributed by atoms with Crippen LogP contribution in [0.25, 0.3) is 0 Å². The molecule has 0 aromatic carbocycles. The predicted octanol–water partition coefficient (Wildman–Crippen LogP) is -0.704. The van der Waals surface area contributed by atoms with Crippen molar-refractivity contribution in [2.75, 3.05) is 0 Å². The Kier molecular flexibility index (Phi) is 3.39. The summed E-state index contributed by atoms with van der Waals surface area (Å²) >= 11 is 0. The standard InChI is InChI=1S/C6H15N3O3/c7-10-5-1-3-6(11-8,12-9)4-2-5/h5H,1-4,7-9H2. The van der Waals surface area contributed by atoms with Crippen molar-refractivity contribution in [3.63, 3.8) is 0 Å². The smallest absolute Gasteiger partial charge is 0.206 e. The van der Waals surface area contributed by atoms with Crippen molar-refractivity contribution in [1.82, 2.24) is 0 Å². The number of hydrogen-bond donors (Lipinski definition) is 3. The summed E-state index contributed by atoms with van der Waals surface area (Å²) in [6.07, 6.45) is 2.74. The molecule has 1 saturated carbocycles. The molecule has 0 aliphatic heterocycles. The minimum absolute atomic E-state index is 0.0587. The topological polar surface area (TPSA) is 106 Å². The molecule has 1 aliphatic rings. The van der Waals surface area contributed by atoms with E-state index in [9.17, 15) is 0 Å². The number of rotatable bonds is 3. The zero-order chi connectivity index (χ0) is 9.03. The van der Waals surface area contributed by atoms with E-state index >= 15 is 0 Å². The highest BCUT2D eigenvalue weighted by atomic mass is 16.8. The van der Waals surface area contributed by atoms with E-state index < -0.39 is 5.79 Å². The molecule has 1 rings (SSSR count). The third-order valence-electron chi connectivity index (χ3n) is 2.32. The first-order chi connectivity index (χ1) is 5.76. The largest absolute Gasteiger partial charge is 0.301 e. The number of hydrogen-bond acceptors (Lipinski definition) is 6. The van der Waals surface area contributed by atoms with Crippen LogP contribution in [-0.4, -0.2) is 11.9 Å². The molecule has 0 radical (unpaired) electrons. The molecule has 6 N–H and O–H groups in total. The lowest BCUT2D eigenvalue weighted by Crippen LogP contribution is -2.45. The van der Waals surface area contributed by atoms with Crippen LogP contribution in [0.1, 0.15) is 25.7 Å². The second-order valence-electron chi connectivity index (χ2n) is 2.98. The Labute approximate surface area is 70.8 Å². The van der Waals surface area contributed by atoms with E-state index in [4.69, 9.17) is 17.7 Å². The van der Waals surface area contributed by atoms with Gasteiger partial charge in [0.15, 0.2) is 0 Å². The third-order valence-corrected chi connectivity index (χ3v) is 2.32. The Morgan fingerprint density at radius 2 is 1.50 bits per heavy atom. The van der Waals surface area contributed by atoms with Gasteiger partial charge in [-0.05, 0) is 12.8 Å². The molecule has 0 aromatic rings. The molecule has 6 nitrogen and oxygen atoms in total. The second-order valence-corrected chi connectivity index (χ2v) is 2.98. The maximum Gasteiger partial charge on any atom is 0.206 e. The van der Waals surface area contributed by atoms with Gasteiger partial charge in [-0.25, -0.2) is 17.7 Å². The summed E-state index contributed by atoms with van der Waals surface area (Å²) in [4.78, 5) is 14.0. The fourth-order valence-electron chi connectivity index (χ4n) is 1.43. The van der Waals surface area contributed by atoms with Crippen LogP contribution in [-0.2, 0) is 14.5 Å². The highest BCUT2D eigenvalue weighted by Crippen LogP contribution is 2.31. The van der Waals surface area contributed by atoms with E-state index in [-0.39, 0.29) is 6.10 Å². The average Bonchev–Trinajstić information content (AvgIpc) is 2.18. The van der Waals surface area contributed by atoms with Crippen LogP contribution in [0.5, 0.6) is 0 Å². The van der Waals surface area contributed by atoms with Crippen LogP contribution < -0.4 is 17.7 Å². The molecule has 0 bridgehead atoms. The van der Waals surface area contributed by atoms with E-state index in [1.165, 1.54) is 0 Å². The van der Waals surface area contributed by atoms with Gasteiger partial charge >= 0.3 is 0 Å². The van der Waals surface area contributed by atoms with Crippen LogP contribution in [0, 0.1) is 0 Å². The van der Waals surface area contributed by atoms with Gasteiger partial charge in [0.2, 0.25) is 5.79 Å². The quantitative estimate of drug-likeness (QED) is 0.388. The molecule has 12 heavy (non-hydrogen) atoms. The van der Waals surface area contributed by atoms with Crippen LogP contribution in [0.2, 0.25) is 0 Å². The molecular formula is C6H15N3O3. The van der Waals surface area contributed by atoms with Crippen molar-refractivity contribution in [3.05, 3.63) is 0 Å². The zero-order valence-electron chi connectivity index (χ0n) is 6.86. The second kappa shape index (κ2) is 4.13. The molecule has 0 amide bonds. The van der Waals surface area contributed by atoms with Crippen molar-refractivity contribution < 1.29 is 14.5 Å². The van der Waals surface area contributed by atoms with Crippen molar-refractivity contribution >= 4 is 0 Å². The fourth-order valence-corrected chi connectivity index (χ4v) is 1.43. The van der Waals surface area contributed by atoms with E-state index in [2.05, 4.69) is 14.5 Å². The molecule has 0 saturated heterocycles. The normalized spacial score (nSPS) is 24.2. The van der Waals surface area contributed by atoms with Gasteiger partial charge in [0.05, 0.1) is 6.10 Å². The average molecular weight is 177 g/mol. The first kappa shape index (κ1) is 9.85. The van der Waals surface area contributed by atoms with Crippen LogP contribution in [0.4, 0.5) is 0 Å². The van der Waals surface area contributed by atoms with Gasteiger partial charge in [-0.2, -0.15) is 0 Å². The molecular weight excluding hydrogens is 162 g/mol. The summed E-state index contributed by atoms with van der Waals surface area (Å²) in [6.45, 7) is 0. The number of nitrogens with two attached hydrogens (primary N) is 3. The molecule has 0 unspecified atom stereocenters. The Morgan fingerprint density at radius 3 is 1.83 bits per heavy atom. The molecule has 72 valence electrons. The summed E-state index contributed by atoms with van der Waals surface area (Å²) < 4.78 is 0. The van der Waals surface area contributed by atoms with Gasteiger partial charge in [-0.1, -0.05) is 0 Å². The fraction of sp³-hybridized carbons (Fsp3) is 1.00. The maximum atomic E-state index is 5.06. The first-order valence-electron chi connectivity index (χ1n) is 3.87. The van der Waals surface area contributed by atoms with Crippen LogP contribution >= 0.6 is 0 Å². The molecule has 1 fully saturated rings. The SMILES string of the molecule is NOC1CCC(ON)(ON)CC1. The van der Waals surface area contributed by atoms with Gasteiger partial charge in [-0.15, -0.1) is 0 Å². The Balaban J connectivity index is 2.42. The summed E-state index contributed by atoms with van der Waals surface area (Å²) in [5.74, 6) is 14.3. The van der Waals surface area contributed by atoms with E-state index in [1.807, 2.05) is 0 Å². The van der Waals surface area contributed by atoms with Crippen molar-refractivity contribution in [1.29, 1.82) is 0 Å². The summed E-state index contributed by atoms with van der Waals surface area (Å²) in [5.41, 5.74) is 0. The van der Waals surface area contributed by atoms with E-state index in [0.29, 0.717) is 12.8 Å². The van der Waals surface area contributed by atoms with E-state index in [0.717, 1.165) is 12.8 Å². The summed E-state index contributed by atoms with van der Waals surface area (Å²) in [7, 11) is 0. The van der Waals surface area contributed by atoms with E-state index in [1.54, 1.807) is 0 Å². The Bertz CT molecular complexity index is 130. The monoisotopic (exact) mass is 177 g/mol. The van der Waals surface area contributed by atoms with Crippen LogP contribution in [0.15, 0.2) is 0 Å². The van der Waals surface area contributed by atoms with Crippen LogP contribution in [0.3, 0.4) is 0 Å². The maximum absolute atomic E-state index is 5.06. The highest BCUT2D eigenvalue weighted by Gasteiger charge is 2.37. The molecule has 6 heteroatoms. The molecule has 0 atom stereocenters. The van der Waals surface area contributed by atoms with Gasteiger partial charge < -0.3 is 4.84 Å². The molecule has 0 heterocycles. The summed E-state index contributed by atoms with van der Waals surface area (Å²) in [5, 5.41) is 0. The Hall–Kier alpha value is -0.240. The first-order valence-corrected chi connectivity index (χ1v) is 3.87. The third kappa shape index (κ3) is 1.92. The van der Waals surface area contributed by atoms with Gasteiger partial charge in [-0.3, -0.25) is 9.68 Å². The molecule has 0 spiro atoms. The Morgan fingerprint density at radius 1 is 1.00 bits per heavy atom.